The summed E-state index contributed by atoms with van der Waals surface area (Å²) in [5.41, 5.74) is 3.91. The molecule has 0 bridgehead atoms. The fourth-order valence-electron chi connectivity index (χ4n) is 3.84. The summed E-state index contributed by atoms with van der Waals surface area (Å²) in [7, 11) is 0. The number of hydrogen-bond acceptors (Lipinski definition) is 3. The van der Waals surface area contributed by atoms with Crippen LogP contribution in [0.25, 0.3) is 0 Å². The first kappa shape index (κ1) is 23.3. The molecule has 0 spiro atoms. The van der Waals surface area contributed by atoms with Crippen LogP contribution < -0.4 is 5.32 Å². The van der Waals surface area contributed by atoms with Crippen molar-refractivity contribution in [2.24, 2.45) is 0 Å². The van der Waals surface area contributed by atoms with Crippen LogP contribution in [0, 0.1) is 26.2 Å². The first-order valence-corrected chi connectivity index (χ1v) is 11.6. The second kappa shape index (κ2) is 11.3. The van der Waals surface area contributed by atoms with Crippen LogP contribution >= 0.6 is 34.2 Å². The van der Waals surface area contributed by atoms with Crippen molar-refractivity contribution < 1.29 is 0 Å². The van der Waals surface area contributed by atoms with Gasteiger partial charge in [-0.15, -0.1) is 0 Å². The largest absolute Gasteiger partial charge is 0.306 e. The average molecular weight is 540 g/mol. The molecule has 0 saturated heterocycles. The van der Waals surface area contributed by atoms with E-state index in [2.05, 4.69) is 77.3 Å². The summed E-state index contributed by atoms with van der Waals surface area (Å²) >= 11 is 8.74. The van der Waals surface area contributed by atoms with Gasteiger partial charge in [0.25, 0.3) is 0 Å². The highest BCUT2D eigenvalue weighted by atomic mass is 127. The Balaban J connectivity index is 1.93. The zero-order valence-corrected chi connectivity index (χ0v) is 20.1. The first-order valence-electron chi connectivity index (χ1n) is 10.1. The molecule has 0 heterocycles. The monoisotopic (exact) mass is 539 g/mol. The van der Waals surface area contributed by atoms with Crippen LogP contribution in [-0.2, 0) is 6.42 Å². The lowest BCUT2D eigenvalue weighted by Crippen LogP contribution is -2.36. The second-order valence-corrected chi connectivity index (χ2v) is 9.22. The van der Waals surface area contributed by atoms with Gasteiger partial charge in [0, 0.05) is 26.6 Å². The minimum Gasteiger partial charge on any atom is -0.306 e. The van der Waals surface area contributed by atoms with Crippen LogP contribution in [0.3, 0.4) is 0 Å². The molecule has 0 aliphatic heterocycles. The molecule has 0 fully saturated rings. The van der Waals surface area contributed by atoms with Crippen LogP contribution in [0.5, 0.6) is 0 Å². The standard InChI is InChI=1S/C26H23ClIN3/c1-18(31-26(13-14-29)23-7-2-3-8-25(23)27)24(16-19-9-11-22(28)12-10-19)21-6-4-5-20(15-21)17-30/h2-12,15,18,24,26,31H,13,16H2,1H3/t18-,24+,26?/m0/s1. The Morgan fingerprint density at radius 1 is 1.00 bits per heavy atom. The predicted molar refractivity (Wildman–Crippen MR) is 134 cm³/mol. The van der Waals surface area contributed by atoms with Gasteiger partial charge in [-0.05, 0) is 83.0 Å². The van der Waals surface area contributed by atoms with Crippen molar-refractivity contribution in [2.75, 3.05) is 0 Å². The Kier molecular flexibility index (Phi) is 8.49. The van der Waals surface area contributed by atoms with E-state index >= 15 is 0 Å². The molecular formula is C26H23ClIN3. The van der Waals surface area contributed by atoms with Gasteiger partial charge in [0.1, 0.15) is 0 Å². The van der Waals surface area contributed by atoms with Crippen molar-refractivity contribution in [1.82, 2.24) is 5.32 Å². The number of nitrogens with one attached hydrogen (secondary N) is 1. The Bertz CT molecular complexity index is 1100. The zero-order chi connectivity index (χ0) is 22.2. The van der Waals surface area contributed by atoms with E-state index in [1.807, 2.05) is 42.5 Å². The van der Waals surface area contributed by atoms with Gasteiger partial charge in [0.2, 0.25) is 0 Å². The van der Waals surface area contributed by atoms with Crippen molar-refractivity contribution in [3.05, 3.63) is 104 Å². The summed E-state index contributed by atoms with van der Waals surface area (Å²) in [4.78, 5) is 0. The smallest absolute Gasteiger partial charge is 0.0991 e. The normalized spacial score (nSPS) is 13.6. The number of rotatable bonds is 8. The minimum atomic E-state index is -0.174. The Hall–Kier alpha value is -2.38. The molecule has 3 aromatic carbocycles. The Labute approximate surface area is 202 Å². The molecule has 3 aromatic rings. The quantitative estimate of drug-likeness (QED) is 0.321. The molecule has 3 nitrogen and oxygen atoms in total. The van der Waals surface area contributed by atoms with Crippen LogP contribution in [-0.4, -0.2) is 6.04 Å². The summed E-state index contributed by atoms with van der Waals surface area (Å²) in [6.07, 6.45) is 1.14. The lowest BCUT2D eigenvalue weighted by molar-refractivity contribution is 0.401. The number of halogens is 2. The summed E-state index contributed by atoms with van der Waals surface area (Å²) in [5.74, 6) is 0.122. The van der Waals surface area contributed by atoms with E-state index in [4.69, 9.17) is 11.6 Å². The number of nitrogens with zero attached hydrogens (tertiary/aromatic N) is 2. The molecule has 31 heavy (non-hydrogen) atoms. The van der Waals surface area contributed by atoms with Crippen LogP contribution in [0.2, 0.25) is 5.02 Å². The van der Waals surface area contributed by atoms with Crippen molar-refractivity contribution in [1.29, 1.82) is 10.5 Å². The lowest BCUT2D eigenvalue weighted by atomic mass is 9.85. The molecule has 3 rings (SSSR count). The highest BCUT2D eigenvalue weighted by molar-refractivity contribution is 14.1. The second-order valence-electron chi connectivity index (χ2n) is 7.57. The maximum atomic E-state index is 9.42. The molecule has 0 aromatic heterocycles. The molecule has 1 unspecified atom stereocenters. The topological polar surface area (TPSA) is 59.6 Å². The van der Waals surface area contributed by atoms with E-state index in [0.717, 1.165) is 17.5 Å². The summed E-state index contributed by atoms with van der Waals surface area (Å²) in [6, 6.07) is 28.4. The van der Waals surface area contributed by atoms with Crippen molar-refractivity contribution in [3.8, 4) is 12.1 Å². The van der Waals surface area contributed by atoms with Crippen LogP contribution in [0.15, 0.2) is 72.8 Å². The first-order chi connectivity index (χ1) is 15.0. The van der Waals surface area contributed by atoms with Gasteiger partial charge in [-0.1, -0.05) is 54.1 Å². The minimum absolute atomic E-state index is 0.0443. The molecule has 5 heteroatoms. The molecule has 1 N–H and O–H groups in total. The van der Waals surface area contributed by atoms with Crippen molar-refractivity contribution in [3.63, 3.8) is 0 Å². The average Bonchev–Trinajstić information content (AvgIpc) is 2.78. The van der Waals surface area contributed by atoms with Crippen LogP contribution in [0.4, 0.5) is 0 Å². The molecule has 0 saturated carbocycles. The number of nitriles is 2. The Morgan fingerprint density at radius 3 is 2.42 bits per heavy atom. The molecule has 0 aliphatic rings. The fraction of sp³-hybridized carbons (Fsp3) is 0.231. The third kappa shape index (κ3) is 6.31. The van der Waals surface area contributed by atoms with E-state index < -0.39 is 0 Å². The SMILES string of the molecule is C[C@H](NC(CC#N)c1ccccc1Cl)[C@@H](Cc1ccc(I)cc1)c1cccc(C#N)c1. The van der Waals surface area contributed by atoms with E-state index in [9.17, 15) is 10.5 Å². The van der Waals surface area contributed by atoms with Gasteiger partial charge in [-0.3, -0.25) is 0 Å². The van der Waals surface area contributed by atoms with Gasteiger partial charge in [0.15, 0.2) is 0 Å². The molecule has 3 atom stereocenters. The van der Waals surface area contributed by atoms with Crippen molar-refractivity contribution >= 4 is 34.2 Å². The van der Waals surface area contributed by atoms with Crippen LogP contribution in [0.1, 0.15) is 47.6 Å². The van der Waals surface area contributed by atoms with E-state index in [1.165, 1.54) is 9.13 Å². The van der Waals surface area contributed by atoms with Gasteiger partial charge in [-0.25, -0.2) is 0 Å². The van der Waals surface area contributed by atoms with Crippen molar-refractivity contribution in [2.45, 2.75) is 37.8 Å². The molecule has 156 valence electrons. The number of hydrogen-bond donors (Lipinski definition) is 1. The highest BCUT2D eigenvalue weighted by Crippen LogP contribution is 2.30. The zero-order valence-electron chi connectivity index (χ0n) is 17.2. The lowest BCUT2D eigenvalue weighted by Gasteiger charge is -2.30. The van der Waals surface area contributed by atoms with E-state index in [1.54, 1.807) is 0 Å². The van der Waals surface area contributed by atoms with Gasteiger partial charge >= 0.3 is 0 Å². The molecular weight excluding hydrogens is 517 g/mol. The fourth-order valence-corrected chi connectivity index (χ4v) is 4.46. The summed E-state index contributed by atoms with van der Waals surface area (Å²) in [6.45, 7) is 2.14. The summed E-state index contributed by atoms with van der Waals surface area (Å²) < 4.78 is 1.20. The number of benzene rings is 3. The van der Waals surface area contributed by atoms with E-state index in [0.29, 0.717) is 17.0 Å². The van der Waals surface area contributed by atoms with E-state index in [-0.39, 0.29) is 18.0 Å². The third-order valence-corrected chi connectivity index (χ3v) is 6.52. The third-order valence-electron chi connectivity index (χ3n) is 5.46. The molecule has 0 radical (unpaired) electrons. The maximum Gasteiger partial charge on any atom is 0.0991 e. The molecule has 0 amide bonds. The molecule has 0 aliphatic carbocycles. The Morgan fingerprint density at radius 2 is 1.74 bits per heavy atom. The van der Waals surface area contributed by atoms with Gasteiger partial charge in [0.05, 0.1) is 24.1 Å². The predicted octanol–water partition coefficient (Wildman–Crippen LogP) is 6.78. The van der Waals surface area contributed by atoms with Gasteiger partial charge < -0.3 is 5.32 Å². The highest BCUT2D eigenvalue weighted by Gasteiger charge is 2.24. The maximum absolute atomic E-state index is 9.42. The summed E-state index contributed by atoms with van der Waals surface area (Å²) in [5, 5.41) is 23.1. The van der Waals surface area contributed by atoms with Gasteiger partial charge in [-0.2, -0.15) is 10.5 Å².